The summed E-state index contributed by atoms with van der Waals surface area (Å²) in [6.07, 6.45) is 4.13. The molecule has 1 aliphatic rings. The largest absolute Gasteiger partial charge is 0.493 e. The van der Waals surface area contributed by atoms with Gasteiger partial charge in [-0.2, -0.15) is 0 Å². The lowest BCUT2D eigenvalue weighted by Gasteiger charge is -2.14. The van der Waals surface area contributed by atoms with E-state index in [-0.39, 0.29) is 0 Å². The topological polar surface area (TPSA) is 58.4 Å². The van der Waals surface area contributed by atoms with Crippen molar-refractivity contribution in [3.8, 4) is 28.6 Å². The van der Waals surface area contributed by atoms with Crippen molar-refractivity contribution in [2.24, 2.45) is 0 Å². The van der Waals surface area contributed by atoms with E-state index in [1.54, 1.807) is 27.7 Å². The normalized spacial score (nSPS) is 14.2. The minimum Gasteiger partial charge on any atom is -0.493 e. The molecule has 0 atom stereocenters. The van der Waals surface area contributed by atoms with Crippen molar-refractivity contribution < 1.29 is 14.2 Å². The van der Waals surface area contributed by atoms with Gasteiger partial charge in [-0.15, -0.1) is 10.2 Å². The lowest BCUT2D eigenvalue weighted by molar-refractivity contribution is 0.324. The molecule has 1 fully saturated rings. The summed E-state index contributed by atoms with van der Waals surface area (Å²) in [5, 5.41) is 8.23. The molecule has 0 amide bonds. The van der Waals surface area contributed by atoms with Gasteiger partial charge < -0.3 is 18.8 Å². The van der Waals surface area contributed by atoms with Gasteiger partial charge in [0.05, 0.1) is 21.3 Å². The second-order valence-electron chi connectivity index (χ2n) is 4.71. The van der Waals surface area contributed by atoms with Crippen LogP contribution in [-0.4, -0.2) is 36.1 Å². The van der Waals surface area contributed by atoms with Crippen LogP contribution in [-0.2, 0) is 0 Å². The highest BCUT2D eigenvalue weighted by Crippen LogP contribution is 2.43. The van der Waals surface area contributed by atoms with Crippen LogP contribution >= 0.6 is 0 Å². The van der Waals surface area contributed by atoms with Gasteiger partial charge in [-0.1, -0.05) is 0 Å². The van der Waals surface area contributed by atoms with Crippen molar-refractivity contribution in [3.63, 3.8) is 0 Å². The summed E-state index contributed by atoms with van der Waals surface area (Å²) in [7, 11) is 4.80. The fourth-order valence-corrected chi connectivity index (χ4v) is 2.28. The number of hydrogen-bond acceptors (Lipinski definition) is 5. The van der Waals surface area contributed by atoms with E-state index in [0.29, 0.717) is 23.3 Å². The molecule has 0 aliphatic heterocycles. The first-order chi connectivity index (χ1) is 9.78. The van der Waals surface area contributed by atoms with Crippen molar-refractivity contribution in [1.82, 2.24) is 14.8 Å². The van der Waals surface area contributed by atoms with Crippen LogP contribution in [0.25, 0.3) is 11.4 Å². The van der Waals surface area contributed by atoms with Gasteiger partial charge in [-0.05, 0) is 25.0 Å². The monoisotopic (exact) mass is 275 g/mol. The molecule has 0 spiro atoms. The molecular weight excluding hydrogens is 258 g/mol. The first kappa shape index (κ1) is 12.8. The van der Waals surface area contributed by atoms with E-state index < -0.39 is 0 Å². The Bertz CT molecular complexity index is 595. The maximum absolute atomic E-state index is 5.37. The fourth-order valence-electron chi connectivity index (χ4n) is 2.28. The molecule has 6 nitrogen and oxygen atoms in total. The van der Waals surface area contributed by atoms with Gasteiger partial charge in [0.25, 0.3) is 0 Å². The van der Waals surface area contributed by atoms with E-state index >= 15 is 0 Å². The number of rotatable bonds is 5. The molecule has 0 unspecified atom stereocenters. The molecule has 1 saturated carbocycles. The average Bonchev–Trinajstić information content (AvgIpc) is 3.22. The van der Waals surface area contributed by atoms with Crippen molar-refractivity contribution in [2.45, 2.75) is 18.9 Å². The second-order valence-corrected chi connectivity index (χ2v) is 4.71. The van der Waals surface area contributed by atoms with Gasteiger partial charge in [-0.3, -0.25) is 0 Å². The number of ether oxygens (including phenoxy) is 3. The summed E-state index contributed by atoms with van der Waals surface area (Å²) in [5.41, 5.74) is 0.906. The van der Waals surface area contributed by atoms with Crippen molar-refractivity contribution in [2.75, 3.05) is 21.3 Å². The summed E-state index contributed by atoms with van der Waals surface area (Å²) in [5.74, 6) is 2.64. The van der Waals surface area contributed by atoms with Gasteiger partial charge in [-0.25, -0.2) is 0 Å². The molecule has 20 heavy (non-hydrogen) atoms. The Morgan fingerprint density at radius 2 is 1.70 bits per heavy atom. The van der Waals surface area contributed by atoms with E-state index in [2.05, 4.69) is 14.8 Å². The standard InChI is InChI=1S/C14H17N3O3/c1-18-11-6-9(7-12(19-2)13(11)20-3)14-16-15-8-17(14)10-4-5-10/h6-8,10H,4-5H2,1-3H3. The molecule has 2 aromatic rings. The van der Waals surface area contributed by atoms with Crippen LogP contribution in [0.3, 0.4) is 0 Å². The molecule has 0 radical (unpaired) electrons. The number of hydrogen-bond donors (Lipinski definition) is 0. The number of methoxy groups -OCH3 is 3. The maximum atomic E-state index is 5.37. The van der Waals surface area contributed by atoms with Gasteiger partial charge in [0.1, 0.15) is 6.33 Å². The van der Waals surface area contributed by atoms with Crippen LogP contribution in [0.1, 0.15) is 18.9 Å². The van der Waals surface area contributed by atoms with E-state index in [1.165, 1.54) is 12.8 Å². The van der Waals surface area contributed by atoms with Crippen LogP contribution < -0.4 is 14.2 Å². The highest BCUT2D eigenvalue weighted by atomic mass is 16.5. The Labute approximate surface area is 117 Å². The SMILES string of the molecule is COc1cc(-c2nncn2C2CC2)cc(OC)c1OC. The zero-order valence-electron chi connectivity index (χ0n) is 11.8. The second kappa shape index (κ2) is 5.03. The van der Waals surface area contributed by atoms with Crippen LogP contribution in [0.5, 0.6) is 17.2 Å². The summed E-state index contributed by atoms with van der Waals surface area (Å²) >= 11 is 0. The third kappa shape index (κ3) is 2.07. The van der Waals surface area contributed by atoms with E-state index in [1.807, 2.05) is 12.1 Å². The van der Waals surface area contributed by atoms with Crippen molar-refractivity contribution in [1.29, 1.82) is 0 Å². The Morgan fingerprint density at radius 3 is 2.20 bits per heavy atom. The number of nitrogens with zero attached hydrogens (tertiary/aromatic N) is 3. The molecule has 3 rings (SSSR count). The van der Waals surface area contributed by atoms with Crippen LogP contribution in [0.2, 0.25) is 0 Å². The van der Waals surface area contributed by atoms with E-state index in [9.17, 15) is 0 Å². The zero-order chi connectivity index (χ0) is 14.1. The van der Waals surface area contributed by atoms with Crippen molar-refractivity contribution in [3.05, 3.63) is 18.5 Å². The number of aromatic nitrogens is 3. The Morgan fingerprint density at radius 1 is 1.05 bits per heavy atom. The zero-order valence-corrected chi connectivity index (χ0v) is 11.8. The molecule has 6 heteroatoms. The van der Waals surface area contributed by atoms with Gasteiger partial charge in [0.15, 0.2) is 17.3 Å². The van der Waals surface area contributed by atoms with Gasteiger partial charge in [0, 0.05) is 11.6 Å². The quantitative estimate of drug-likeness (QED) is 0.838. The van der Waals surface area contributed by atoms with Crippen LogP contribution in [0.15, 0.2) is 18.5 Å². The average molecular weight is 275 g/mol. The molecule has 0 bridgehead atoms. The molecule has 1 heterocycles. The summed E-state index contributed by atoms with van der Waals surface area (Å²) in [6.45, 7) is 0. The fraction of sp³-hybridized carbons (Fsp3) is 0.429. The molecule has 0 saturated heterocycles. The Balaban J connectivity index is 2.11. The van der Waals surface area contributed by atoms with Crippen molar-refractivity contribution >= 4 is 0 Å². The number of benzene rings is 1. The van der Waals surface area contributed by atoms with Crippen LogP contribution in [0, 0.1) is 0 Å². The third-order valence-electron chi connectivity index (χ3n) is 3.44. The first-order valence-corrected chi connectivity index (χ1v) is 6.48. The Kier molecular flexibility index (Phi) is 3.22. The lowest BCUT2D eigenvalue weighted by Crippen LogP contribution is -1.99. The highest BCUT2D eigenvalue weighted by molar-refractivity contribution is 5.66. The molecule has 0 N–H and O–H groups in total. The third-order valence-corrected chi connectivity index (χ3v) is 3.44. The van der Waals surface area contributed by atoms with Gasteiger partial charge >= 0.3 is 0 Å². The molecule has 1 aliphatic carbocycles. The summed E-state index contributed by atoms with van der Waals surface area (Å²) < 4.78 is 18.2. The Hall–Kier alpha value is -2.24. The summed E-state index contributed by atoms with van der Waals surface area (Å²) in [6, 6.07) is 4.30. The predicted octanol–water partition coefficient (Wildman–Crippen LogP) is 2.31. The minimum atomic E-state index is 0.513. The van der Waals surface area contributed by atoms with E-state index in [4.69, 9.17) is 14.2 Å². The molecule has 106 valence electrons. The van der Waals surface area contributed by atoms with Gasteiger partial charge in [0.2, 0.25) is 5.75 Å². The summed E-state index contributed by atoms with van der Waals surface area (Å²) in [4.78, 5) is 0. The van der Waals surface area contributed by atoms with E-state index in [0.717, 1.165) is 11.4 Å². The predicted molar refractivity (Wildman–Crippen MR) is 73.4 cm³/mol. The minimum absolute atomic E-state index is 0.513. The van der Waals surface area contributed by atoms with Crippen LogP contribution in [0.4, 0.5) is 0 Å². The lowest BCUT2D eigenvalue weighted by atomic mass is 10.1. The maximum Gasteiger partial charge on any atom is 0.203 e. The first-order valence-electron chi connectivity index (χ1n) is 6.48. The molecular formula is C14H17N3O3. The highest BCUT2D eigenvalue weighted by Gasteiger charge is 2.27. The molecule has 1 aromatic heterocycles. The molecule has 1 aromatic carbocycles. The smallest absolute Gasteiger partial charge is 0.203 e.